The maximum atomic E-state index is 14.4. The van der Waals surface area contributed by atoms with E-state index in [9.17, 15) is 32.9 Å². The number of nitro groups is 1. The van der Waals surface area contributed by atoms with Gasteiger partial charge in [0.05, 0.1) is 29.3 Å². The van der Waals surface area contributed by atoms with Crippen molar-refractivity contribution in [2.75, 3.05) is 11.6 Å². The summed E-state index contributed by atoms with van der Waals surface area (Å²) in [6, 6.07) is 3.37. The third kappa shape index (κ3) is 4.78. The predicted octanol–water partition coefficient (Wildman–Crippen LogP) is 2.11. The minimum absolute atomic E-state index is 0.190. The zero-order chi connectivity index (χ0) is 25.7. The van der Waals surface area contributed by atoms with E-state index in [0.29, 0.717) is 12.8 Å². The number of carbonyl (C=O) groups is 1. The molecule has 2 saturated carbocycles. The van der Waals surface area contributed by atoms with Crippen LogP contribution in [0.5, 0.6) is 0 Å². The van der Waals surface area contributed by atoms with Gasteiger partial charge in [-0.15, -0.1) is 0 Å². The highest BCUT2D eigenvalue weighted by atomic mass is 35.5. The molecule has 2 aliphatic rings. The number of benzene rings is 1. The van der Waals surface area contributed by atoms with Crippen LogP contribution in [-0.2, 0) is 14.8 Å². The van der Waals surface area contributed by atoms with Crippen LogP contribution in [-0.4, -0.2) is 51.2 Å². The Morgan fingerprint density at radius 2 is 2.14 bits per heavy atom. The Labute approximate surface area is 204 Å². The predicted molar refractivity (Wildman–Crippen MR) is 121 cm³/mol. The summed E-state index contributed by atoms with van der Waals surface area (Å²) in [5, 5.41) is 24.7. The largest absolute Gasteiger partial charge is 0.369 e. The number of hydrogen-bond donors (Lipinski definition) is 3. The van der Waals surface area contributed by atoms with Crippen molar-refractivity contribution in [2.24, 2.45) is 29.4 Å². The molecule has 2 aliphatic carbocycles. The number of nitrogens with one attached hydrogen (secondary N) is 1. The second kappa shape index (κ2) is 9.26. The van der Waals surface area contributed by atoms with Crippen LogP contribution in [0.2, 0.25) is 5.28 Å². The number of primary amides is 1. The summed E-state index contributed by atoms with van der Waals surface area (Å²) in [4.78, 5) is 30.4. The first-order valence-electron chi connectivity index (χ1n) is 10.5. The van der Waals surface area contributed by atoms with Crippen LogP contribution in [0.25, 0.3) is 0 Å². The Morgan fingerprint density at radius 1 is 1.43 bits per heavy atom. The monoisotopic (exact) mass is 528 g/mol. The average molecular weight is 529 g/mol. The van der Waals surface area contributed by atoms with Crippen molar-refractivity contribution < 1.29 is 27.7 Å². The van der Waals surface area contributed by atoms with Gasteiger partial charge in [0.25, 0.3) is 5.69 Å². The Morgan fingerprint density at radius 3 is 2.77 bits per heavy atom. The normalized spacial score (nSPS) is 26.6. The fourth-order valence-corrected chi connectivity index (χ4v) is 6.38. The molecule has 0 radical (unpaired) electrons. The molecule has 0 spiro atoms. The smallest absolute Gasteiger partial charge is 0.269 e. The Kier molecular flexibility index (Phi) is 6.66. The van der Waals surface area contributed by atoms with Crippen LogP contribution in [0.15, 0.2) is 30.5 Å². The van der Waals surface area contributed by atoms with E-state index in [1.54, 1.807) is 0 Å². The Hall–Kier alpha value is -2.94. The van der Waals surface area contributed by atoms with Gasteiger partial charge in [0.15, 0.2) is 11.6 Å². The number of fused-ring (bicyclic) bond motifs is 2. The molecule has 2 fully saturated rings. The molecule has 35 heavy (non-hydrogen) atoms. The first-order valence-corrected chi connectivity index (χ1v) is 12.8. The molecule has 4 rings (SSSR count). The molecule has 6 atom stereocenters. The summed E-state index contributed by atoms with van der Waals surface area (Å²) < 4.78 is 39.2. The summed E-state index contributed by atoms with van der Waals surface area (Å²) >= 11 is 5.79. The van der Waals surface area contributed by atoms with E-state index in [1.807, 2.05) is 0 Å². The molecule has 1 aromatic heterocycles. The van der Waals surface area contributed by atoms with E-state index in [0.717, 1.165) is 12.5 Å². The van der Waals surface area contributed by atoms with Gasteiger partial charge in [0.1, 0.15) is 0 Å². The molecule has 1 unspecified atom stereocenters. The molecule has 4 N–H and O–H groups in total. The van der Waals surface area contributed by atoms with Crippen molar-refractivity contribution in [3.05, 3.63) is 57.2 Å². The third-order valence-corrected chi connectivity index (χ3v) is 7.90. The lowest BCUT2D eigenvalue weighted by atomic mass is 9.73. The number of rotatable bonds is 8. The van der Waals surface area contributed by atoms with Gasteiger partial charge in [-0.05, 0) is 47.8 Å². The zero-order valence-corrected chi connectivity index (χ0v) is 19.9. The maximum Gasteiger partial charge on any atom is 0.269 e. The van der Waals surface area contributed by atoms with Crippen LogP contribution in [0.1, 0.15) is 24.4 Å². The lowest BCUT2D eigenvalue weighted by Gasteiger charge is -2.40. The Bertz CT molecular complexity index is 1280. The number of hydroxylamine groups is 1. The van der Waals surface area contributed by atoms with Crippen LogP contribution >= 0.6 is 11.6 Å². The van der Waals surface area contributed by atoms with E-state index >= 15 is 0 Å². The molecular formula is C20H22ClFN6O6S. The minimum atomic E-state index is -4.15. The topological polar surface area (TPSA) is 182 Å². The van der Waals surface area contributed by atoms with Gasteiger partial charge in [0.2, 0.25) is 21.2 Å². The van der Waals surface area contributed by atoms with Crippen LogP contribution < -0.4 is 11.1 Å². The molecule has 1 aromatic carbocycles. The van der Waals surface area contributed by atoms with Crippen LogP contribution in [0.3, 0.4) is 0 Å². The van der Waals surface area contributed by atoms with E-state index in [2.05, 4.69) is 15.3 Å². The molecule has 0 aliphatic heterocycles. The van der Waals surface area contributed by atoms with E-state index < -0.39 is 56.5 Å². The molecule has 15 heteroatoms. The van der Waals surface area contributed by atoms with Gasteiger partial charge in [-0.25, -0.2) is 17.8 Å². The molecule has 1 heterocycles. The fourth-order valence-electron chi connectivity index (χ4n) is 5.55. The Balaban J connectivity index is 1.76. The van der Waals surface area contributed by atoms with Gasteiger partial charge < -0.3 is 11.1 Å². The number of carbonyl (C=O) groups excluding carboxylic acids is 1. The van der Waals surface area contributed by atoms with E-state index in [-0.39, 0.29) is 32.7 Å². The summed E-state index contributed by atoms with van der Waals surface area (Å²) in [5.41, 5.74) is 5.58. The molecule has 2 aromatic rings. The highest BCUT2D eigenvalue weighted by Gasteiger charge is 2.58. The van der Waals surface area contributed by atoms with Gasteiger partial charge in [-0.3, -0.25) is 20.1 Å². The van der Waals surface area contributed by atoms with Crippen LogP contribution in [0.4, 0.5) is 15.9 Å². The van der Waals surface area contributed by atoms with Gasteiger partial charge >= 0.3 is 0 Å². The van der Waals surface area contributed by atoms with Crippen molar-refractivity contribution >= 4 is 39.0 Å². The maximum absolute atomic E-state index is 14.4. The molecule has 188 valence electrons. The number of anilines is 1. The molecule has 0 saturated heterocycles. The summed E-state index contributed by atoms with van der Waals surface area (Å²) in [6.07, 6.45) is 2.42. The first kappa shape index (κ1) is 25.2. The SMILES string of the molecule is CS(=O)(=O)N(O)C(c1cccc([N+](=O)[O-])c1)[C@@H]1C[C@H]2C[C@H]1[C@@H](Nc1nc(Cl)ncc1F)[C@H]2C(N)=O. The van der Waals surface area contributed by atoms with Gasteiger partial charge in [0, 0.05) is 18.2 Å². The van der Waals surface area contributed by atoms with Crippen molar-refractivity contribution in [2.45, 2.75) is 24.9 Å². The highest BCUT2D eigenvalue weighted by Crippen LogP contribution is 2.57. The number of hydrogen-bond acceptors (Lipinski definition) is 9. The number of amides is 1. The second-order valence-electron chi connectivity index (χ2n) is 8.83. The number of nitro benzene ring substituents is 1. The summed E-state index contributed by atoms with van der Waals surface area (Å²) in [7, 11) is -4.15. The second-order valence-corrected chi connectivity index (χ2v) is 11.0. The lowest BCUT2D eigenvalue weighted by Crippen LogP contribution is -2.48. The quantitative estimate of drug-likeness (QED) is 0.262. The number of nitrogens with zero attached hydrogens (tertiary/aromatic N) is 4. The number of non-ortho nitro benzene ring substituents is 1. The van der Waals surface area contributed by atoms with Crippen molar-refractivity contribution in [1.82, 2.24) is 14.4 Å². The lowest BCUT2D eigenvalue weighted by molar-refractivity contribution is -0.385. The first-order chi connectivity index (χ1) is 16.4. The number of sulfonamides is 1. The summed E-state index contributed by atoms with van der Waals surface area (Å²) in [5.74, 6) is -3.75. The standard InChI is InChI=1S/C20H22ClFN6O6S/c1-35(33,34)28(32)17(9-3-2-4-11(5-9)27(30)31)13-7-10-6-12(13)16(15(10)18(23)29)25-19-14(22)8-24-20(21)26-19/h2-5,8,10,12-13,15-17,32H,6-7H2,1H3,(H2,23,29)(H,24,25,26)/t10-,12-,13-,15+,16-,17?/m1/s1. The van der Waals surface area contributed by atoms with Crippen molar-refractivity contribution in [3.8, 4) is 0 Å². The van der Waals surface area contributed by atoms with Crippen LogP contribution in [0, 0.1) is 39.6 Å². The van der Waals surface area contributed by atoms with E-state index in [4.69, 9.17) is 17.3 Å². The number of halogens is 2. The highest BCUT2D eigenvalue weighted by molar-refractivity contribution is 7.88. The minimum Gasteiger partial charge on any atom is -0.369 e. The van der Waals surface area contributed by atoms with Crippen molar-refractivity contribution in [3.63, 3.8) is 0 Å². The molecule has 12 nitrogen and oxygen atoms in total. The van der Waals surface area contributed by atoms with Crippen molar-refractivity contribution in [1.29, 1.82) is 0 Å². The zero-order valence-electron chi connectivity index (χ0n) is 18.3. The summed E-state index contributed by atoms with van der Waals surface area (Å²) in [6.45, 7) is 0. The fraction of sp³-hybridized carbons (Fsp3) is 0.450. The molecule has 2 bridgehead atoms. The number of nitrogens with two attached hydrogens (primary N) is 1. The van der Waals surface area contributed by atoms with Gasteiger partial charge in [-0.2, -0.15) is 4.98 Å². The molecular weight excluding hydrogens is 507 g/mol. The average Bonchev–Trinajstić information content (AvgIpc) is 3.34. The molecule has 1 amide bonds. The van der Waals surface area contributed by atoms with Gasteiger partial charge in [-0.1, -0.05) is 16.6 Å². The number of aromatic nitrogens is 2. The third-order valence-electron chi connectivity index (χ3n) is 6.81. The van der Waals surface area contributed by atoms with E-state index in [1.165, 1.54) is 24.3 Å².